The Morgan fingerprint density at radius 3 is 2.81 bits per heavy atom. The van der Waals surface area contributed by atoms with Crippen molar-refractivity contribution in [2.75, 3.05) is 23.3 Å². The van der Waals surface area contributed by atoms with E-state index >= 15 is 0 Å². The molecule has 3 aromatic rings. The third-order valence-corrected chi connectivity index (χ3v) is 5.32. The molecule has 0 radical (unpaired) electrons. The van der Waals surface area contributed by atoms with E-state index in [0.29, 0.717) is 23.3 Å². The minimum Gasteiger partial charge on any atom is -0.362 e. The molecule has 0 aliphatic carbocycles. The van der Waals surface area contributed by atoms with Crippen molar-refractivity contribution in [2.24, 2.45) is 0 Å². The van der Waals surface area contributed by atoms with Crippen molar-refractivity contribution in [3.63, 3.8) is 0 Å². The number of imidazole rings is 1. The summed E-state index contributed by atoms with van der Waals surface area (Å²) in [5.74, 6) is -0.0867. The molecule has 0 spiro atoms. The second-order valence-electron chi connectivity index (χ2n) is 6.66. The number of carbonyl (C=O) groups excluding carboxylic acids is 1. The minimum absolute atomic E-state index is 0.0867. The Kier molecular flexibility index (Phi) is 4.32. The van der Waals surface area contributed by atoms with Crippen LogP contribution < -0.4 is 15.9 Å². The summed E-state index contributed by atoms with van der Waals surface area (Å²) in [7, 11) is 0. The number of anilines is 2. The lowest BCUT2D eigenvalue weighted by atomic mass is 9.99. The summed E-state index contributed by atoms with van der Waals surface area (Å²) < 4.78 is 0.725. The van der Waals surface area contributed by atoms with Gasteiger partial charge in [-0.3, -0.25) is 4.79 Å². The molecule has 0 fully saturated rings. The van der Waals surface area contributed by atoms with Crippen LogP contribution in [-0.2, 0) is 11.2 Å². The van der Waals surface area contributed by atoms with Crippen LogP contribution in [0.5, 0.6) is 0 Å². The fourth-order valence-corrected chi connectivity index (χ4v) is 3.93. The third-order valence-electron chi connectivity index (χ3n) is 4.66. The molecule has 0 atom stereocenters. The lowest BCUT2D eigenvalue weighted by Gasteiger charge is -2.31. The smallest absolute Gasteiger partial charge is 0.323 e. The number of amides is 1. The molecule has 1 aliphatic rings. The number of benzene rings is 2. The van der Waals surface area contributed by atoms with Crippen LogP contribution in [0.2, 0.25) is 0 Å². The highest BCUT2D eigenvalue weighted by Crippen LogP contribution is 2.29. The van der Waals surface area contributed by atoms with Crippen molar-refractivity contribution in [1.82, 2.24) is 9.97 Å². The highest BCUT2D eigenvalue weighted by molar-refractivity contribution is 9.10. The summed E-state index contributed by atoms with van der Waals surface area (Å²) in [6.07, 6.45) is 2.10. The highest BCUT2D eigenvalue weighted by atomic mass is 79.9. The van der Waals surface area contributed by atoms with Gasteiger partial charge < -0.3 is 20.2 Å². The number of rotatable bonds is 3. The van der Waals surface area contributed by atoms with E-state index in [4.69, 9.17) is 0 Å². The van der Waals surface area contributed by atoms with Crippen molar-refractivity contribution >= 4 is 44.2 Å². The quantitative estimate of drug-likeness (QED) is 0.614. The summed E-state index contributed by atoms with van der Waals surface area (Å²) in [6.45, 7) is 3.25. The van der Waals surface area contributed by atoms with E-state index in [2.05, 4.69) is 61.2 Å². The second kappa shape index (κ2) is 6.64. The molecule has 0 saturated heterocycles. The van der Waals surface area contributed by atoms with Gasteiger partial charge >= 0.3 is 5.69 Å². The Balaban J connectivity index is 1.53. The van der Waals surface area contributed by atoms with Gasteiger partial charge in [0.05, 0.1) is 23.3 Å². The fraction of sp³-hybridized carbons (Fsp3) is 0.263. The number of halogens is 1. The Bertz CT molecular complexity index is 1050. The topological polar surface area (TPSA) is 81.0 Å². The van der Waals surface area contributed by atoms with Crippen LogP contribution in [0.4, 0.5) is 11.4 Å². The first kappa shape index (κ1) is 16.9. The van der Waals surface area contributed by atoms with Crippen LogP contribution in [0.15, 0.2) is 39.6 Å². The van der Waals surface area contributed by atoms with Gasteiger partial charge in [-0.05, 0) is 59.5 Å². The largest absolute Gasteiger partial charge is 0.362 e. The molecular formula is C19H19BrN4O2. The zero-order valence-electron chi connectivity index (χ0n) is 14.4. The summed E-state index contributed by atoms with van der Waals surface area (Å²) in [5.41, 5.74) is 5.41. The van der Waals surface area contributed by atoms with Crippen molar-refractivity contribution in [3.8, 4) is 0 Å². The molecule has 1 aromatic heterocycles. The number of fused-ring (bicyclic) bond motifs is 2. The van der Waals surface area contributed by atoms with Gasteiger partial charge in [0.1, 0.15) is 0 Å². The number of aryl methyl sites for hydroxylation is 2. The Morgan fingerprint density at radius 1 is 1.23 bits per heavy atom. The molecule has 1 aliphatic heterocycles. The normalized spacial score (nSPS) is 13.7. The van der Waals surface area contributed by atoms with Gasteiger partial charge in [-0.15, -0.1) is 0 Å². The predicted molar refractivity (Wildman–Crippen MR) is 107 cm³/mol. The second-order valence-corrected chi connectivity index (χ2v) is 7.52. The van der Waals surface area contributed by atoms with E-state index in [-0.39, 0.29) is 11.6 Å². The highest BCUT2D eigenvalue weighted by Gasteiger charge is 2.19. The van der Waals surface area contributed by atoms with Crippen molar-refractivity contribution < 1.29 is 4.79 Å². The number of H-pyrrole nitrogens is 2. The molecule has 26 heavy (non-hydrogen) atoms. The number of nitrogens with zero attached hydrogens (tertiary/aromatic N) is 1. The molecule has 1 amide bonds. The van der Waals surface area contributed by atoms with Gasteiger partial charge in [0, 0.05) is 16.7 Å². The van der Waals surface area contributed by atoms with E-state index < -0.39 is 0 Å². The number of nitrogens with one attached hydrogen (secondary N) is 3. The molecule has 0 bridgehead atoms. The molecule has 3 N–H and O–H groups in total. The van der Waals surface area contributed by atoms with Crippen molar-refractivity contribution in [2.45, 2.75) is 19.8 Å². The standard InChI is InChI=1S/C19H19BrN4O2/c1-11-4-5-17-12(7-11)3-2-6-24(17)10-18(25)21-14-9-16-15(8-13(14)20)22-19(26)23-16/h4-5,7-9H,2-3,6,10H2,1H3,(H,21,25)(H2,22,23,26). The first-order valence-corrected chi connectivity index (χ1v) is 9.35. The number of hydrogen-bond donors (Lipinski definition) is 3. The maximum atomic E-state index is 12.6. The van der Waals surface area contributed by atoms with Gasteiger partial charge in [-0.1, -0.05) is 17.7 Å². The Labute approximate surface area is 158 Å². The lowest BCUT2D eigenvalue weighted by Crippen LogP contribution is -2.36. The van der Waals surface area contributed by atoms with Gasteiger partial charge in [0.15, 0.2) is 0 Å². The van der Waals surface area contributed by atoms with Crippen LogP contribution in [0.3, 0.4) is 0 Å². The number of carbonyl (C=O) groups is 1. The first-order chi connectivity index (χ1) is 12.5. The predicted octanol–water partition coefficient (Wildman–Crippen LogP) is 3.32. The summed E-state index contributed by atoms with van der Waals surface area (Å²) in [4.78, 5) is 31.5. The number of hydrogen-bond acceptors (Lipinski definition) is 3. The zero-order valence-corrected chi connectivity index (χ0v) is 15.9. The van der Waals surface area contributed by atoms with Crippen LogP contribution in [-0.4, -0.2) is 29.0 Å². The summed E-state index contributed by atoms with van der Waals surface area (Å²) >= 11 is 3.45. The molecule has 0 saturated carbocycles. The average Bonchev–Trinajstić information content (AvgIpc) is 2.94. The monoisotopic (exact) mass is 414 g/mol. The lowest BCUT2D eigenvalue weighted by molar-refractivity contribution is -0.115. The van der Waals surface area contributed by atoms with E-state index in [0.717, 1.165) is 29.5 Å². The maximum absolute atomic E-state index is 12.6. The molecule has 0 unspecified atom stereocenters. The van der Waals surface area contributed by atoms with Gasteiger partial charge in [0.25, 0.3) is 0 Å². The first-order valence-electron chi connectivity index (χ1n) is 8.55. The average molecular weight is 415 g/mol. The number of aromatic nitrogens is 2. The third kappa shape index (κ3) is 3.26. The van der Waals surface area contributed by atoms with Gasteiger partial charge in [-0.25, -0.2) is 4.79 Å². The molecule has 7 heteroatoms. The Morgan fingerprint density at radius 2 is 2.00 bits per heavy atom. The maximum Gasteiger partial charge on any atom is 0.323 e. The fourth-order valence-electron chi connectivity index (χ4n) is 3.48. The van der Waals surface area contributed by atoms with Crippen LogP contribution in [0.1, 0.15) is 17.5 Å². The summed E-state index contributed by atoms with van der Waals surface area (Å²) in [6, 6.07) is 9.92. The molecule has 2 heterocycles. The Hall–Kier alpha value is -2.54. The minimum atomic E-state index is -0.268. The van der Waals surface area contributed by atoms with Crippen molar-refractivity contribution in [3.05, 3.63) is 56.4 Å². The summed E-state index contributed by atoms with van der Waals surface area (Å²) in [5, 5.41) is 2.94. The molecule has 6 nitrogen and oxygen atoms in total. The van der Waals surface area contributed by atoms with E-state index in [1.54, 1.807) is 12.1 Å². The molecular weight excluding hydrogens is 396 g/mol. The number of aromatic amines is 2. The van der Waals surface area contributed by atoms with Gasteiger partial charge in [0.2, 0.25) is 5.91 Å². The van der Waals surface area contributed by atoms with Crippen LogP contribution in [0.25, 0.3) is 11.0 Å². The molecule has 2 aromatic carbocycles. The van der Waals surface area contributed by atoms with E-state index in [1.807, 2.05) is 0 Å². The SMILES string of the molecule is Cc1ccc2c(c1)CCCN2CC(=O)Nc1cc2[nH]c(=O)[nH]c2cc1Br. The van der Waals surface area contributed by atoms with Gasteiger partial charge in [-0.2, -0.15) is 0 Å². The van der Waals surface area contributed by atoms with E-state index in [1.165, 1.54) is 11.1 Å². The molecule has 134 valence electrons. The van der Waals surface area contributed by atoms with E-state index in [9.17, 15) is 9.59 Å². The van der Waals surface area contributed by atoms with Crippen LogP contribution in [0, 0.1) is 6.92 Å². The zero-order chi connectivity index (χ0) is 18.3. The van der Waals surface area contributed by atoms with Crippen molar-refractivity contribution in [1.29, 1.82) is 0 Å². The molecule has 4 rings (SSSR count). The van der Waals surface area contributed by atoms with Crippen LogP contribution >= 0.6 is 15.9 Å².